The molecule has 0 fully saturated rings. The number of hydrogen-bond acceptors (Lipinski definition) is 2. The Bertz CT molecular complexity index is 63.5. The number of rotatable bonds is 4. The second kappa shape index (κ2) is 4.81. The molecule has 0 aromatic heterocycles. The van der Waals surface area contributed by atoms with Crippen molar-refractivity contribution >= 4 is 0 Å². The number of nitrogens with two attached hydrogens (primary N) is 1. The highest BCUT2D eigenvalue weighted by molar-refractivity contribution is 4.71. The molecule has 3 N–H and O–H groups in total. The van der Waals surface area contributed by atoms with Crippen molar-refractivity contribution in [3.63, 3.8) is 0 Å². The Balaban J connectivity index is 3.03. The molecule has 8 heavy (non-hydrogen) atoms. The maximum Gasteiger partial charge on any atom is 0.0586 e. The first kappa shape index (κ1) is 7.66. The zero-order valence-corrected chi connectivity index (χ0v) is 5.01. The first-order valence-corrected chi connectivity index (χ1v) is 2.80. The fourth-order valence-electron chi connectivity index (χ4n) is 0.503. The quantitative estimate of drug-likeness (QED) is 0.517. The molecule has 2 heteroatoms. The molecule has 1 unspecified atom stereocenters. The average Bonchev–Trinajstić information content (AvgIpc) is 1.68. The minimum absolute atomic E-state index is 0.280. The van der Waals surface area contributed by atoms with Crippen LogP contribution in [0.25, 0.3) is 0 Å². The van der Waals surface area contributed by atoms with Gasteiger partial charge in [-0.1, -0.05) is 6.08 Å². The van der Waals surface area contributed by atoms with E-state index in [0.717, 1.165) is 0 Å². The Morgan fingerprint density at radius 2 is 2.38 bits per heavy atom. The van der Waals surface area contributed by atoms with Crippen LogP contribution in [0.1, 0.15) is 12.8 Å². The van der Waals surface area contributed by atoms with Crippen molar-refractivity contribution in [1.29, 1.82) is 0 Å². The van der Waals surface area contributed by atoms with Crippen LogP contribution >= 0.6 is 0 Å². The zero-order chi connectivity index (χ0) is 6.41. The van der Waals surface area contributed by atoms with Gasteiger partial charge < -0.3 is 10.8 Å². The first-order valence-electron chi connectivity index (χ1n) is 2.80. The first-order chi connectivity index (χ1) is 3.81. The molecule has 0 rings (SSSR count). The summed E-state index contributed by atoms with van der Waals surface area (Å²) in [6, 6.07) is 0. The molecule has 0 bridgehead atoms. The summed E-state index contributed by atoms with van der Waals surface area (Å²) in [5.74, 6) is 0. The Labute approximate surface area is 50.0 Å². The van der Waals surface area contributed by atoms with Crippen molar-refractivity contribution in [3.05, 3.63) is 12.7 Å². The van der Waals surface area contributed by atoms with Gasteiger partial charge in [0.1, 0.15) is 0 Å². The molecular formula is C6H13NO. The molecule has 48 valence electrons. The Morgan fingerprint density at radius 3 is 2.75 bits per heavy atom. The van der Waals surface area contributed by atoms with Gasteiger partial charge >= 0.3 is 0 Å². The smallest absolute Gasteiger partial charge is 0.0586 e. The Kier molecular flexibility index (Phi) is 4.61. The molecule has 0 heterocycles. The van der Waals surface area contributed by atoms with Crippen molar-refractivity contribution in [2.45, 2.75) is 18.9 Å². The van der Waals surface area contributed by atoms with Gasteiger partial charge in [0.2, 0.25) is 0 Å². The molecule has 0 aromatic rings. The fourth-order valence-corrected chi connectivity index (χ4v) is 0.503. The lowest BCUT2D eigenvalue weighted by molar-refractivity contribution is 0.170. The van der Waals surface area contributed by atoms with Crippen molar-refractivity contribution in [2.24, 2.45) is 5.73 Å². The molecule has 1 atom stereocenters. The van der Waals surface area contributed by atoms with Crippen LogP contribution in [0.3, 0.4) is 0 Å². The number of aliphatic hydroxyl groups excluding tert-OH is 1. The van der Waals surface area contributed by atoms with Gasteiger partial charge in [0, 0.05) is 0 Å². The summed E-state index contributed by atoms with van der Waals surface area (Å²) in [4.78, 5) is 0. The summed E-state index contributed by atoms with van der Waals surface area (Å²) in [5, 5.41) is 8.90. The molecule has 0 amide bonds. The van der Waals surface area contributed by atoms with E-state index in [9.17, 15) is 0 Å². The predicted molar refractivity (Wildman–Crippen MR) is 34.5 cm³/mol. The summed E-state index contributed by atoms with van der Waals surface area (Å²) in [5.41, 5.74) is 5.17. The van der Waals surface area contributed by atoms with Crippen LogP contribution < -0.4 is 5.73 Å². The van der Waals surface area contributed by atoms with E-state index in [0.29, 0.717) is 19.4 Å². The molecule has 0 radical (unpaired) electrons. The highest BCUT2D eigenvalue weighted by Gasteiger charge is 1.96. The third kappa shape index (κ3) is 3.84. The van der Waals surface area contributed by atoms with Crippen LogP contribution in [0.4, 0.5) is 0 Å². The summed E-state index contributed by atoms with van der Waals surface area (Å²) < 4.78 is 0. The van der Waals surface area contributed by atoms with Gasteiger partial charge in [-0.25, -0.2) is 0 Å². The average molecular weight is 115 g/mol. The largest absolute Gasteiger partial charge is 0.393 e. The lowest BCUT2D eigenvalue weighted by Crippen LogP contribution is -2.11. The second-order valence-corrected chi connectivity index (χ2v) is 1.76. The minimum atomic E-state index is -0.280. The summed E-state index contributed by atoms with van der Waals surface area (Å²) >= 11 is 0. The van der Waals surface area contributed by atoms with Crippen molar-refractivity contribution in [3.8, 4) is 0 Å². The Hall–Kier alpha value is -0.340. The molecule has 0 aliphatic heterocycles. The molecule has 2 nitrogen and oxygen atoms in total. The van der Waals surface area contributed by atoms with Crippen LogP contribution in [0.15, 0.2) is 12.7 Å². The monoisotopic (exact) mass is 115 g/mol. The van der Waals surface area contributed by atoms with E-state index in [1.807, 2.05) is 0 Å². The summed E-state index contributed by atoms with van der Waals surface area (Å²) in [6.45, 7) is 4.03. The normalized spacial score (nSPS) is 13.2. The van der Waals surface area contributed by atoms with Gasteiger partial charge in [-0.2, -0.15) is 0 Å². The van der Waals surface area contributed by atoms with Crippen LogP contribution in [-0.2, 0) is 0 Å². The van der Waals surface area contributed by atoms with Gasteiger partial charge in [-0.05, 0) is 19.4 Å². The van der Waals surface area contributed by atoms with Crippen molar-refractivity contribution in [1.82, 2.24) is 0 Å². The van der Waals surface area contributed by atoms with E-state index in [2.05, 4.69) is 6.58 Å². The molecule has 0 spiro atoms. The van der Waals surface area contributed by atoms with Crippen molar-refractivity contribution in [2.75, 3.05) is 6.54 Å². The zero-order valence-electron chi connectivity index (χ0n) is 5.01. The molecule has 0 saturated carbocycles. The SMILES string of the molecule is C=CCC(O)CCN. The minimum Gasteiger partial charge on any atom is -0.393 e. The number of hydrogen-bond donors (Lipinski definition) is 2. The van der Waals surface area contributed by atoms with E-state index in [4.69, 9.17) is 10.8 Å². The lowest BCUT2D eigenvalue weighted by atomic mass is 10.2. The summed E-state index contributed by atoms with van der Waals surface area (Å²) in [6.07, 6.45) is 2.74. The van der Waals surface area contributed by atoms with E-state index in [1.54, 1.807) is 6.08 Å². The highest BCUT2D eigenvalue weighted by Crippen LogP contribution is 1.94. The van der Waals surface area contributed by atoms with Crippen LogP contribution in [0.5, 0.6) is 0 Å². The van der Waals surface area contributed by atoms with Gasteiger partial charge in [0.05, 0.1) is 6.10 Å². The molecular weight excluding hydrogens is 102 g/mol. The van der Waals surface area contributed by atoms with Crippen LogP contribution in [0, 0.1) is 0 Å². The van der Waals surface area contributed by atoms with E-state index >= 15 is 0 Å². The Morgan fingerprint density at radius 1 is 1.75 bits per heavy atom. The topological polar surface area (TPSA) is 46.2 Å². The van der Waals surface area contributed by atoms with E-state index in [1.165, 1.54) is 0 Å². The third-order valence-corrected chi connectivity index (χ3v) is 0.939. The lowest BCUT2D eigenvalue weighted by Gasteiger charge is -2.02. The van der Waals surface area contributed by atoms with Gasteiger partial charge in [0.25, 0.3) is 0 Å². The number of aliphatic hydroxyl groups is 1. The van der Waals surface area contributed by atoms with Gasteiger partial charge in [0.15, 0.2) is 0 Å². The molecule has 0 aliphatic carbocycles. The highest BCUT2D eigenvalue weighted by atomic mass is 16.3. The molecule has 0 aliphatic rings. The van der Waals surface area contributed by atoms with E-state index < -0.39 is 0 Å². The predicted octanol–water partition coefficient (Wildman–Crippen LogP) is 0.272. The maximum atomic E-state index is 8.90. The fraction of sp³-hybridized carbons (Fsp3) is 0.667. The standard InChI is InChI=1S/C6H13NO/c1-2-3-6(8)4-5-7/h2,6,8H,1,3-5,7H2. The van der Waals surface area contributed by atoms with Crippen LogP contribution in [0.2, 0.25) is 0 Å². The third-order valence-electron chi connectivity index (χ3n) is 0.939. The van der Waals surface area contributed by atoms with Crippen molar-refractivity contribution < 1.29 is 5.11 Å². The maximum absolute atomic E-state index is 8.90. The summed E-state index contributed by atoms with van der Waals surface area (Å²) in [7, 11) is 0. The van der Waals surface area contributed by atoms with E-state index in [-0.39, 0.29) is 6.10 Å². The van der Waals surface area contributed by atoms with Gasteiger partial charge in [-0.3, -0.25) is 0 Å². The second-order valence-electron chi connectivity index (χ2n) is 1.76. The van der Waals surface area contributed by atoms with Gasteiger partial charge in [-0.15, -0.1) is 6.58 Å². The molecule has 0 aromatic carbocycles. The van der Waals surface area contributed by atoms with Crippen LogP contribution in [-0.4, -0.2) is 17.8 Å². The molecule has 0 saturated heterocycles.